The van der Waals surface area contributed by atoms with E-state index in [4.69, 9.17) is 0 Å². The maximum absolute atomic E-state index is 2.65. The minimum absolute atomic E-state index is 0.646. The summed E-state index contributed by atoms with van der Waals surface area (Å²) in [7, 11) is 6.69. The van der Waals surface area contributed by atoms with Crippen molar-refractivity contribution in [1.29, 1.82) is 0 Å². The van der Waals surface area contributed by atoms with Gasteiger partial charge >= 0.3 is 0 Å². The quantitative estimate of drug-likeness (QED) is 0.666. The van der Waals surface area contributed by atoms with E-state index in [0.717, 1.165) is 6.54 Å². The first kappa shape index (κ1) is 17.9. The summed E-state index contributed by atoms with van der Waals surface area (Å²) in [6.07, 6.45) is 1.28. The van der Waals surface area contributed by atoms with Crippen molar-refractivity contribution in [3.8, 4) is 0 Å². The summed E-state index contributed by atoms with van der Waals surface area (Å²) in [4.78, 5) is 9.97. The summed E-state index contributed by atoms with van der Waals surface area (Å²) < 4.78 is 0. The van der Waals surface area contributed by atoms with Gasteiger partial charge in [-0.3, -0.25) is 4.90 Å². The van der Waals surface area contributed by atoms with Crippen molar-refractivity contribution >= 4 is 0 Å². The van der Waals surface area contributed by atoms with Gasteiger partial charge in [-0.1, -0.05) is 0 Å². The number of hydrogen-bond donors (Lipinski definition) is 0. The highest BCUT2D eigenvalue weighted by Crippen LogP contribution is 2.08. The third-order valence-corrected chi connectivity index (χ3v) is 4.81. The molecule has 1 aliphatic rings. The molecule has 1 atom stereocenters. The number of hydrogen-bond acceptors (Lipinski definition) is 4. The largest absolute Gasteiger partial charge is 0.305 e. The molecule has 0 aromatic heterocycles. The summed E-state index contributed by atoms with van der Waals surface area (Å²) in [5.41, 5.74) is 0. The lowest BCUT2D eigenvalue weighted by Crippen LogP contribution is -2.48. The minimum atomic E-state index is 0.646. The van der Waals surface area contributed by atoms with Crippen LogP contribution in [-0.2, 0) is 0 Å². The molecule has 120 valence electrons. The third-order valence-electron chi connectivity index (χ3n) is 4.81. The first-order valence-corrected chi connectivity index (χ1v) is 8.21. The third kappa shape index (κ3) is 6.53. The van der Waals surface area contributed by atoms with Crippen molar-refractivity contribution in [3.05, 3.63) is 0 Å². The Bertz CT molecular complexity index is 249. The average molecular weight is 284 g/mol. The molecule has 0 aromatic carbocycles. The van der Waals surface area contributed by atoms with E-state index in [9.17, 15) is 0 Å². The SMILES string of the molecule is CC(C)N(C)CCN(C)CCC(C)N1CCN(C)CC1. The van der Waals surface area contributed by atoms with E-state index in [0.29, 0.717) is 12.1 Å². The van der Waals surface area contributed by atoms with Gasteiger partial charge in [0.25, 0.3) is 0 Å². The molecule has 0 radical (unpaired) electrons. The van der Waals surface area contributed by atoms with E-state index in [1.807, 2.05) is 0 Å². The fraction of sp³-hybridized carbons (Fsp3) is 1.00. The number of piperazine rings is 1. The van der Waals surface area contributed by atoms with Crippen molar-refractivity contribution in [2.24, 2.45) is 0 Å². The predicted octanol–water partition coefficient (Wildman–Crippen LogP) is 1.28. The zero-order chi connectivity index (χ0) is 15.1. The van der Waals surface area contributed by atoms with Crippen LogP contribution in [0.3, 0.4) is 0 Å². The van der Waals surface area contributed by atoms with Gasteiger partial charge in [-0.05, 0) is 54.9 Å². The summed E-state index contributed by atoms with van der Waals surface area (Å²) in [5, 5.41) is 0. The lowest BCUT2D eigenvalue weighted by molar-refractivity contribution is 0.108. The van der Waals surface area contributed by atoms with Crippen LogP contribution in [0.4, 0.5) is 0 Å². The lowest BCUT2D eigenvalue weighted by Gasteiger charge is -2.37. The second kappa shape index (κ2) is 8.98. The Morgan fingerprint density at radius 1 is 0.900 bits per heavy atom. The van der Waals surface area contributed by atoms with Gasteiger partial charge in [0.15, 0.2) is 0 Å². The monoisotopic (exact) mass is 284 g/mol. The van der Waals surface area contributed by atoms with Crippen LogP contribution in [0.1, 0.15) is 27.2 Å². The highest BCUT2D eigenvalue weighted by Gasteiger charge is 2.19. The highest BCUT2D eigenvalue weighted by molar-refractivity contribution is 4.75. The van der Waals surface area contributed by atoms with Crippen molar-refractivity contribution in [2.75, 3.05) is 67.0 Å². The van der Waals surface area contributed by atoms with Gasteiger partial charge in [0.05, 0.1) is 0 Å². The molecule has 1 rings (SSSR count). The Morgan fingerprint density at radius 2 is 1.50 bits per heavy atom. The van der Waals surface area contributed by atoms with Gasteiger partial charge in [-0.25, -0.2) is 0 Å². The van der Waals surface area contributed by atoms with Crippen LogP contribution in [0.25, 0.3) is 0 Å². The van der Waals surface area contributed by atoms with Gasteiger partial charge in [0.2, 0.25) is 0 Å². The summed E-state index contributed by atoms with van der Waals surface area (Å²) >= 11 is 0. The molecule has 4 nitrogen and oxygen atoms in total. The van der Waals surface area contributed by atoms with Gasteiger partial charge in [0.1, 0.15) is 0 Å². The van der Waals surface area contributed by atoms with Crippen molar-refractivity contribution in [2.45, 2.75) is 39.3 Å². The van der Waals surface area contributed by atoms with E-state index in [2.05, 4.69) is 61.5 Å². The van der Waals surface area contributed by atoms with Crippen LogP contribution in [-0.4, -0.2) is 98.6 Å². The fourth-order valence-electron chi connectivity index (χ4n) is 2.55. The Balaban J connectivity index is 2.15. The zero-order valence-corrected chi connectivity index (χ0v) is 14.6. The van der Waals surface area contributed by atoms with Crippen LogP contribution in [0.5, 0.6) is 0 Å². The smallest absolute Gasteiger partial charge is 0.0113 e. The van der Waals surface area contributed by atoms with Crippen LogP contribution in [0.15, 0.2) is 0 Å². The Kier molecular flexibility index (Phi) is 8.03. The van der Waals surface area contributed by atoms with Gasteiger partial charge < -0.3 is 14.7 Å². The molecule has 1 aliphatic heterocycles. The van der Waals surface area contributed by atoms with Crippen molar-refractivity contribution in [3.63, 3.8) is 0 Å². The molecule has 20 heavy (non-hydrogen) atoms. The Hall–Kier alpha value is -0.160. The second-order valence-corrected chi connectivity index (χ2v) is 6.85. The number of rotatable bonds is 8. The predicted molar refractivity (Wildman–Crippen MR) is 88.4 cm³/mol. The summed E-state index contributed by atoms with van der Waals surface area (Å²) in [6, 6.07) is 1.36. The van der Waals surface area contributed by atoms with Crippen LogP contribution in [0, 0.1) is 0 Å². The molecule has 1 saturated heterocycles. The van der Waals surface area contributed by atoms with E-state index in [-0.39, 0.29) is 0 Å². The van der Waals surface area contributed by atoms with Crippen molar-refractivity contribution < 1.29 is 0 Å². The van der Waals surface area contributed by atoms with E-state index in [1.165, 1.54) is 45.7 Å². The van der Waals surface area contributed by atoms with E-state index >= 15 is 0 Å². The maximum Gasteiger partial charge on any atom is 0.0113 e. The van der Waals surface area contributed by atoms with Crippen molar-refractivity contribution in [1.82, 2.24) is 19.6 Å². The average Bonchev–Trinajstić information content (AvgIpc) is 2.42. The van der Waals surface area contributed by atoms with Crippen LogP contribution >= 0.6 is 0 Å². The topological polar surface area (TPSA) is 13.0 Å². The Labute approximate surface area is 126 Å². The Morgan fingerprint density at radius 3 is 2.05 bits per heavy atom. The first-order chi connectivity index (χ1) is 9.40. The minimum Gasteiger partial charge on any atom is -0.305 e. The normalized spacial score (nSPS) is 20.2. The molecule has 0 N–H and O–H groups in total. The van der Waals surface area contributed by atoms with Gasteiger partial charge in [-0.2, -0.15) is 0 Å². The molecule has 0 aromatic rings. The molecule has 1 fully saturated rings. The fourth-order valence-corrected chi connectivity index (χ4v) is 2.55. The molecule has 4 heteroatoms. The molecule has 0 bridgehead atoms. The molecule has 0 amide bonds. The van der Waals surface area contributed by atoms with E-state index in [1.54, 1.807) is 0 Å². The van der Waals surface area contributed by atoms with Gasteiger partial charge in [-0.15, -0.1) is 0 Å². The highest BCUT2D eigenvalue weighted by atomic mass is 15.3. The molecular weight excluding hydrogens is 248 g/mol. The molecule has 0 aliphatic carbocycles. The van der Waals surface area contributed by atoms with Gasteiger partial charge in [0, 0.05) is 51.4 Å². The molecular formula is C16H36N4. The van der Waals surface area contributed by atoms with E-state index < -0.39 is 0 Å². The molecule has 0 spiro atoms. The molecule has 0 saturated carbocycles. The first-order valence-electron chi connectivity index (χ1n) is 8.21. The second-order valence-electron chi connectivity index (χ2n) is 6.85. The summed E-state index contributed by atoms with van der Waals surface area (Å²) in [6.45, 7) is 15.4. The zero-order valence-electron chi connectivity index (χ0n) is 14.6. The standard InChI is InChI=1S/C16H36N4/c1-15(2)19(6)12-9-17(4)8-7-16(3)20-13-10-18(5)11-14-20/h15-16H,7-14H2,1-6H3. The molecule has 1 heterocycles. The van der Waals surface area contributed by atoms with Crippen LogP contribution < -0.4 is 0 Å². The van der Waals surface area contributed by atoms with Crippen LogP contribution in [0.2, 0.25) is 0 Å². The lowest BCUT2D eigenvalue weighted by atomic mass is 10.1. The number of nitrogens with zero attached hydrogens (tertiary/aromatic N) is 4. The molecule has 1 unspecified atom stereocenters. The maximum atomic E-state index is 2.65. The number of likely N-dealkylation sites (N-methyl/N-ethyl adjacent to an activating group) is 3. The summed E-state index contributed by atoms with van der Waals surface area (Å²) in [5.74, 6) is 0.